The Kier molecular flexibility index (Phi) is 2.76. The number of anilines is 1. The molecular formula is C13H12N2O2S. The highest BCUT2D eigenvalue weighted by molar-refractivity contribution is 7.16. The molecule has 0 saturated heterocycles. The van der Waals surface area contributed by atoms with Crippen LogP contribution in [0.3, 0.4) is 0 Å². The first-order chi connectivity index (χ1) is 8.74. The summed E-state index contributed by atoms with van der Waals surface area (Å²) >= 11 is 1.53. The fraction of sp³-hybridized carbons (Fsp3) is 0.231. The molecule has 0 unspecified atom stereocenters. The van der Waals surface area contributed by atoms with Crippen LogP contribution in [-0.2, 0) is 12.8 Å². The number of para-hydroxylation sites is 1. The van der Waals surface area contributed by atoms with E-state index in [9.17, 15) is 9.90 Å². The lowest BCUT2D eigenvalue weighted by atomic mass is 10.2. The van der Waals surface area contributed by atoms with Gasteiger partial charge in [0.05, 0.1) is 11.3 Å². The van der Waals surface area contributed by atoms with E-state index in [0.717, 1.165) is 25.0 Å². The molecule has 2 N–H and O–H groups in total. The molecule has 1 aliphatic rings. The SMILES string of the molecule is O=C(Nc1nc2c(s1)CCC2)c1ccccc1O. The van der Waals surface area contributed by atoms with Crippen molar-refractivity contribution in [2.75, 3.05) is 5.32 Å². The van der Waals surface area contributed by atoms with Crippen LogP contribution in [0.2, 0.25) is 0 Å². The van der Waals surface area contributed by atoms with E-state index in [1.54, 1.807) is 18.2 Å². The lowest BCUT2D eigenvalue weighted by Crippen LogP contribution is -2.11. The maximum Gasteiger partial charge on any atom is 0.261 e. The predicted octanol–water partition coefficient (Wildman–Crippen LogP) is 2.59. The van der Waals surface area contributed by atoms with Crippen LogP contribution in [0.25, 0.3) is 0 Å². The lowest BCUT2D eigenvalue weighted by molar-refractivity contribution is 0.102. The van der Waals surface area contributed by atoms with Crippen LogP contribution in [0.4, 0.5) is 5.13 Å². The number of phenolic OH excluding ortho intramolecular Hbond substituents is 1. The highest BCUT2D eigenvalue weighted by Gasteiger charge is 2.18. The van der Waals surface area contributed by atoms with Gasteiger partial charge in [-0.05, 0) is 31.4 Å². The van der Waals surface area contributed by atoms with Gasteiger partial charge in [0, 0.05) is 4.88 Å². The van der Waals surface area contributed by atoms with Gasteiger partial charge < -0.3 is 5.11 Å². The van der Waals surface area contributed by atoms with Crippen LogP contribution in [0, 0.1) is 0 Å². The second-order valence-electron chi connectivity index (χ2n) is 4.21. The molecule has 0 atom stereocenters. The van der Waals surface area contributed by atoms with Crippen LogP contribution in [0.15, 0.2) is 24.3 Å². The van der Waals surface area contributed by atoms with Gasteiger partial charge in [0.25, 0.3) is 5.91 Å². The number of hydrogen-bond acceptors (Lipinski definition) is 4. The first-order valence-electron chi connectivity index (χ1n) is 5.82. The molecule has 0 saturated carbocycles. The van der Waals surface area contributed by atoms with Crippen LogP contribution in [0.1, 0.15) is 27.3 Å². The maximum absolute atomic E-state index is 12.0. The van der Waals surface area contributed by atoms with Gasteiger partial charge in [-0.3, -0.25) is 10.1 Å². The molecule has 0 spiro atoms. The summed E-state index contributed by atoms with van der Waals surface area (Å²) in [6.07, 6.45) is 3.21. The normalized spacial score (nSPS) is 13.3. The Bertz CT molecular complexity index is 585. The molecule has 92 valence electrons. The molecular weight excluding hydrogens is 248 g/mol. The molecule has 1 aromatic carbocycles. The van der Waals surface area contributed by atoms with E-state index in [-0.39, 0.29) is 17.2 Å². The van der Waals surface area contributed by atoms with E-state index >= 15 is 0 Å². The molecule has 5 heteroatoms. The number of nitrogens with zero attached hydrogens (tertiary/aromatic N) is 1. The maximum atomic E-state index is 12.0. The Balaban J connectivity index is 1.80. The van der Waals surface area contributed by atoms with Gasteiger partial charge >= 0.3 is 0 Å². The number of carbonyl (C=O) groups is 1. The number of fused-ring (bicyclic) bond motifs is 1. The third-order valence-electron chi connectivity index (χ3n) is 2.96. The van der Waals surface area contributed by atoms with E-state index in [1.807, 2.05) is 0 Å². The minimum Gasteiger partial charge on any atom is -0.507 e. The third kappa shape index (κ3) is 1.97. The molecule has 1 aromatic heterocycles. The third-order valence-corrected chi connectivity index (χ3v) is 4.04. The zero-order chi connectivity index (χ0) is 12.5. The van der Waals surface area contributed by atoms with E-state index < -0.39 is 0 Å². The largest absolute Gasteiger partial charge is 0.507 e. The number of phenols is 1. The Hall–Kier alpha value is -1.88. The Morgan fingerprint density at radius 1 is 1.33 bits per heavy atom. The van der Waals surface area contributed by atoms with Crippen LogP contribution >= 0.6 is 11.3 Å². The average molecular weight is 260 g/mol. The van der Waals surface area contributed by atoms with Crippen LogP contribution in [0.5, 0.6) is 5.75 Å². The van der Waals surface area contributed by atoms with E-state index in [4.69, 9.17) is 0 Å². The summed E-state index contributed by atoms with van der Waals surface area (Å²) in [7, 11) is 0. The number of nitrogens with one attached hydrogen (secondary N) is 1. The molecule has 1 aliphatic carbocycles. The zero-order valence-electron chi connectivity index (χ0n) is 9.64. The number of carbonyl (C=O) groups excluding carboxylic acids is 1. The molecule has 0 fully saturated rings. The molecule has 4 nitrogen and oxygen atoms in total. The van der Waals surface area contributed by atoms with Crippen molar-refractivity contribution >= 4 is 22.4 Å². The van der Waals surface area contributed by atoms with Crippen molar-refractivity contribution in [1.29, 1.82) is 0 Å². The highest BCUT2D eigenvalue weighted by atomic mass is 32.1. The smallest absolute Gasteiger partial charge is 0.261 e. The van der Waals surface area contributed by atoms with E-state index in [2.05, 4.69) is 10.3 Å². The summed E-state index contributed by atoms with van der Waals surface area (Å²) in [5, 5.41) is 13.0. The number of thiazole rings is 1. The summed E-state index contributed by atoms with van der Waals surface area (Å²) in [5.74, 6) is -0.334. The van der Waals surface area contributed by atoms with Crippen LogP contribution in [-0.4, -0.2) is 16.0 Å². The van der Waals surface area contributed by atoms with Crippen molar-refractivity contribution in [2.24, 2.45) is 0 Å². The van der Waals surface area contributed by atoms with Gasteiger partial charge in [-0.25, -0.2) is 4.98 Å². The first-order valence-corrected chi connectivity index (χ1v) is 6.63. The monoisotopic (exact) mass is 260 g/mol. The Labute approximate surface area is 108 Å². The number of benzene rings is 1. The topological polar surface area (TPSA) is 62.2 Å². The number of aromatic nitrogens is 1. The van der Waals surface area contributed by atoms with Gasteiger partial charge in [-0.2, -0.15) is 0 Å². The summed E-state index contributed by atoms with van der Waals surface area (Å²) < 4.78 is 0. The summed E-state index contributed by atoms with van der Waals surface area (Å²) in [4.78, 5) is 17.6. The molecule has 1 heterocycles. The number of hydrogen-bond donors (Lipinski definition) is 2. The average Bonchev–Trinajstić information content (AvgIpc) is 2.90. The Morgan fingerprint density at radius 2 is 2.17 bits per heavy atom. The second kappa shape index (κ2) is 4.42. The fourth-order valence-corrected chi connectivity index (χ4v) is 3.12. The summed E-state index contributed by atoms with van der Waals surface area (Å²) in [5.41, 5.74) is 1.38. The standard InChI is InChI=1S/C13H12N2O2S/c16-10-6-2-1-4-8(10)12(17)15-13-14-9-5-3-7-11(9)18-13/h1-2,4,6,16H,3,5,7H2,(H,14,15,17). The van der Waals surface area contributed by atoms with Crippen molar-refractivity contribution in [3.05, 3.63) is 40.4 Å². The molecule has 0 aliphatic heterocycles. The van der Waals surface area contributed by atoms with Gasteiger partial charge in [0.2, 0.25) is 0 Å². The van der Waals surface area contributed by atoms with Crippen molar-refractivity contribution in [3.8, 4) is 5.75 Å². The zero-order valence-corrected chi connectivity index (χ0v) is 10.5. The van der Waals surface area contributed by atoms with Crippen molar-refractivity contribution in [3.63, 3.8) is 0 Å². The molecule has 3 rings (SSSR count). The molecule has 0 radical (unpaired) electrons. The van der Waals surface area contributed by atoms with Crippen LogP contribution < -0.4 is 5.32 Å². The lowest BCUT2D eigenvalue weighted by Gasteiger charge is -2.03. The summed E-state index contributed by atoms with van der Waals surface area (Å²) in [6.45, 7) is 0. The number of aromatic hydroxyl groups is 1. The second-order valence-corrected chi connectivity index (χ2v) is 5.30. The van der Waals surface area contributed by atoms with E-state index in [1.165, 1.54) is 22.3 Å². The van der Waals surface area contributed by atoms with Crippen molar-refractivity contribution in [1.82, 2.24) is 4.98 Å². The summed E-state index contributed by atoms with van der Waals surface area (Å²) in [6, 6.07) is 6.49. The first kappa shape index (κ1) is 11.2. The molecule has 18 heavy (non-hydrogen) atoms. The minimum absolute atomic E-state index is 0.0147. The van der Waals surface area contributed by atoms with Gasteiger partial charge in [0.15, 0.2) is 5.13 Å². The highest BCUT2D eigenvalue weighted by Crippen LogP contribution is 2.30. The fourth-order valence-electron chi connectivity index (χ4n) is 2.07. The number of amides is 1. The van der Waals surface area contributed by atoms with Gasteiger partial charge in [0.1, 0.15) is 5.75 Å². The van der Waals surface area contributed by atoms with Crippen molar-refractivity contribution in [2.45, 2.75) is 19.3 Å². The van der Waals surface area contributed by atoms with E-state index in [0.29, 0.717) is 5.13 Å². The quantitative estimate of drug-likeness (QED) is 0.872. The number of rotatable bonds is 2. The van der Waals surface area contributed by atoms with Crippen molar-refractivity contribution < 1.29 is 9.90 Å². The Morgan fingerprint density at radius 3 is 2.94 bits per heavy atom. The van der Waals surface area contributed by atoms with Gasteiger partial charge in [-0.15, -0.1) is 11.3 Å². The van der Waals surface area contributed by atoms with Gasteiger partial charge in [-0.1, -0.05) is 12.1 Å². The molecule has 2 aromatic rings. The number of aryl methyl sites for hydroxylation is 2. The molecule has 1 amide bonds. The molecule has 0 bridgehead atoms. The predicted molar refractivity (Wildman–Crippen MR) is 70.2 cm³/mol. The minimum atomic E-state index is -0.319.